The van der Waals surface area contributed by atoms with Crippen molar-refractivity contribution < 1.29 is 9.59 Å². The Morgan fingerprint density at radius 2 is 2.00 bits per heavy atom. The molecule has 13 heavy (non-hydrogen) atoms. The van der Waals surface area contributed by atoms with Crippen LogP contribution in [0.1, 0.15) is 33.6 Å². The smallest absolute Gasteiger partial charge is 0.146 e. The van der Waals surface area contributed by atoms with Crippen molar-refractivity contribution in [1.29, 1.82) is 0 Å². The second kappa shape index (κ2) is 3.44. The van der Waals surface area contributed by atoms with Gasteiger partial charge in [0, 0.05) is 5.92 Å². The Hall–Kier alpha value is -0.920. The Labute approximate surface area is 79.0 Å². The quantitative estimate of drug-likeness (QED) is 0.610. The van der Waals surface area contributed by atoms with E-state index in [1.54, 1.807) is 0 Å². The largest absolute Gasteiger partial charge is 0.303 e. The molecule has 0 spiro atoms. The summed E-state index contributed by atoms with van der Waals surface area (Å²) in [5.41, 5.74) is 1.72. The highest BCUT2D eigenvalue weighted by Crippen LogP contribution is 2.40. The van der Waals surface area contributed by atoms with Crippen molar-refractivity contribution in [2.24, 2.45) is 11.3 Å². The molecule has 0 aromatic rings. The van der Waals surface area contributed by atoms with E-state index in [0.717, 1.165) is 36.6 Å². The van der Waals surface area contributed by atoms with Crippen molar-refractivity contribution in [3.8, 4) is 0 Å². The molecule has 1 unspecified atom stereocenters. The topological polar surface area (TPSA) is 34.1 Å². The number of hydrogen-bond acceptors (Lipinski definition) is 2. The van der Waals surface area contributed by atoms with Crippen LogP contribution in [0.2, 0.25) is 0 Å². The third-order valence-electron chi connectivity index (χ3n) is 3.07. The van der Waals surface area contributed by atoms with Gasteiger partial charge in [0.1, 0.15) is 12.6 Å². The van der Waals surface area contributed by atoms with Crippen LogP contribution >= 0.6 is 0 Å². The average Bonchev–Trinajstić information content (AvgIpc) is 2.04. The summed E-state index contributed by atoms with van der Waals surface area (Å²) in [6.07, 6.45) is 3.65. The molecule has 0 amide bonds. The molecule has 72 valence electrons. The van der Waals surface area contributed by atoms with Crippen molar-refractivity contribution in [1.82, 2.24) is 0 Å². The predicted molar refractivity (Wildman–Crippen MR) is 51.3 cm³/mol. The molecule has 0 fully saturated rings. The van der Waals surface area contributed by atoms with Crippen molar-refractivity contribution in [2.75, 3.05) is 0 Å². The van der Waals surface area contributed by atoms with Crippen molar-refractivity contribution in [2.45, 2.75) is 33.6 Å². The fourth-order valence-corrected chi connectivity index (χ4v) is 2.02. The summed E-state index contributed by atoms with van der Waals surface area (Å²) in [4.78, 5) is 21.6. The van der Waals surface area contributed by atoms with Crippen LogP contribution in [-0.4, -0.2) is 12.6 Å². The number of carbonyl (C=O) groups excluding carboxylic acids is 2. The van der Waals surface area contributed by atoms with Gasteiger partial charge in [0.25, 0.3) is 0 Å². The predicted octanol–water partition coefficient (Wildman–Crippen LogP) is 2.14. The lowest BCUT2D eigenvalue weighted by Gasteiger charge is -2.34. The SMILES string of the molecule is CC1=C(C=O)C(C)(C)CCC1C=O. The zero-order chi connectivity index (χ0) is 10.1. The van der Waals surface area contributed by atoms with Gasteiger partial charge < -0.3 is 4.79 Å². The second-order valence-electron chi connectivity index (χ2n) is 4.38. The van der Waals surface area contributed by atoms with Gasteiger partial charge in [0.15, 0.2) is 0 Å². The molecule has 1 aliphatic rings. The first-order valence-electron chi connectivity index (χ1n) is 4.64. The molecule has 0 saturated heterocycles. The summed E-state index contributed by atoms with van der Waals surface area (Å²) in [7, 11) is 0. The minimum Gasteiger partial charge on any atom is -0.303 e. The molecule has 1 atom stereocenters. The molecule has 0 N–H and O–H groups in total. The fourth-order valence-electron chi connectivity index (χ4n) is 2.02. The minimum absolute atomic E-state index is 0.0341. The van der Waals surface area contributed by atoms with Crippen LogP contribution < -0.4 is 0 Å². The van der Waals surface area contributed by atoms with Crippen LogP contribution in [0.3, 0.4) is 0 Å². The molecule has 0 saturated carbocycles. The van der Waals surface area contributed by atoms with Gasteiger partial charge in [-0.05, 0) is 30.8 Å². The summed E-state index contributed by atoms with van der Waals surface area (Å²) >= 11 is 0. The van der Waals surface area contributed by atoms with Gasteiger partial charge in [-0.1, -0.05) is 19.4 Å². The highest BCUT2D eigenvalue weighted by Gasteiger charge is 2.32. The Bertz CT molecular complexity index is 261. The van der Waals surface area contributed by atoms with Gasteiger partial charge in [-0.2, -0.15) is 0 Å². The van der Waals surface area contributed by atoms with Gasteiger partial charge in [0.2, 0.25) is 0 Å². The molecule has 0 aliphatic heterocycles. The molecule has 2 heteroatoms. The molecule has 0 bridgehead atoms. The summed E-state index contributed by atoms with van der Waals surface area (Å²) < 4.78 is 0. The molecule has 2 nitrogen and oxygen atoms in total. The summed E-state index contributed by atoms with van der Waals surface area (Å²) in [6.45, 7) is 6.01. The Morgan fingerprint density at radius 1 is 1.38 bits per heavy atom. The summed E-state index contributed by atoms with van der Waals surface area (Å²) in [5, 5.41) is 0. The molecular formula is C11H16O2. The first-order valence-corrected chi connectivity index (χ1v) is 4.64. The van der Waals surface area contributed by atoms with E-state index in [1.807, 2.05) is 6.92 Å². The van der Waals surface area contributed by atoms with Crippen LogP contribution in [0.5, 0.6) is 0 Å². The van der Waals surface area contributed by atoms with Crippen LogP contribution in [0.25, 0.3) is 0 Å². The van der Waals surface area contributed by atoms with E-state index in [2.05, 4.69) is 13.8 Å². The zero-order valence-corrected chi connectivity index (χ0v) is 8.46. The van der Waals surface area contributed by atoms with E-state index in [9.17, 15) is 9.59 Å². The van der Waals surface area contributed by atoms with Crippen LogP contribution in [-0.2, 0) is 9.59 Å². The molecule has 0 aromatic heterocycles. The minimum atomic E-state index is -0.0503. The van der Waals surface area contributed by atoms with Crippen molar-refractivity contribution in [3.05, 3.63) is 11.1 Å². The van der Waals surface area contributed by atoms with Crippen LogP contribution in [0.4, 0.5) is 0 Å². The average molecular weight is 180 g/mol. The molecule has 1 rings (SSSR count). The number of aldehydes is 2. The van der Waals surface area contributed by atoms with Gasteiger partial charge >= 0.3 is 0 Å². The Morgan fingerprint density at radius 3 is 2.46 bits per heavy atom. The van der Waals surface area contributed by atoms with Gasteiger partial charge in [-0.3, -0.25) is 4.79 Å². The molecule has 0 aromatic carbocycles. The Kier molecular flexibility index (Phi) is 2.69. The maximum Gasteiger partial charge on any atom is 0.146 e. The van der Waals surface area contributed by atoms with Crippen LogP contribution in [0, 0.1) is 11.3 Å². The lowest BCUT2D eigenvalue weighted by Crippen LogP contribution is -2.26. The maximum atomic E-state index is 10.9. The maximum absolute atomic E-state index is 10.9. The monoisotopic (exact) mass is 180 g/mol. The van der Waals surface area contributed by atoms with Crippen LogP contribution in [0.15, 0.2) is 11.1 Å². The zero-order valence-electron chi connectivity index (χ0n) is 8.46. The van der Waals surface area contributed by atoms with E-state index in [1.165, 1.54) is 0 Å². The van der Waals surface area contributed by atoms with E-state index < -0.39 is 0 Å². The van der Waals surface area contributed by atoms with E-state index >= 15 is 0 Å². The standard InChI is InChI=1S/C11H16O2/c1-8-9(6-12)4-5-11(2,3)10(8)7-13/h6-7,9H,4-5H2,1-3H3. The van der Waals surface area contributed by atoms with Crippen molar-refractivity contribution in [3.63, 3.8) is 0 Å². The highest BCUT2D eigenvalue weighted by atomic mass is 16.1. The molecular weight excluding hydrogens is 164 g/mol. The van der Waals surface area contributed by atoms with E-state index in [4.69, 9.17) is 0 Å². The lowest BCUT2D eigenvalue weighted by atomic mass is 9.70. The van der Waals surface area contributed by atoms with E-state index in [0.29, 0.717) is 0 Å². The number of hydrogen-bond donors (Lipinski definition) is 0. The first kappa shape index (κ1) is 10.2. The third-order valence-corrected chi connectivity index (χ3v) is 3.07. The molecule has 1 aliphatic carbocycles. The van der Waals surface area contributed by atoms with E-state index in [-0.39, 0.29) is 11.3 Å². The first-order chi connectivity index (χ1) is 6.03. The third kappa shape index (κ3) is 1.71. The fraction of sp³-hybridized carbons (Fsp3) is 0.636. The molecule has 0 heterocycles. The summed E-state index contributed by atoms with van der Waals surface area (Å²) in [6, 6.07) is 0. The Balaban J connectivity index is 3.12. The highest BCUT2D eigenvalue weighted by molar-refractivity contribution is 5.79. The normalized spacial score (nSPS) is 27.2. The van der Waals surface area contributed by atoms with Gasteiger partial charge in [0.05, 0.1) is 0 Å². The number of allylic oxidation sites excluding steroid dienone is 2. The summed E-state index contributed by atoms with van der Waals surface area (Å²) in [5.74, 6) is -0.0341. The second-order valence-corrected chi connectivity index (χ2v) is 4.38. The van der Waals surface area contributed by atoms with Gasteiger partial charge in [-0.15, -0.1) is 0 Å². The molecule has 0 radical (unpaired) electrons. The lowest BCUT2D eigenvalue weighted by molar-refractivity contribution is -0.110. The van der Waals surface area contributed by atoms with Crippen molar-refractivity contribution >= 4 is 12.6 Å². The number of carbonyl (C=O) groups is 2. The van der Waals surface area contributed by atoms with Gasteiger partial charge in [-0.25, -0.2) is 0 Å². The number of rotatable bonds is 2.